The molecular formula is C10H11ClN2. The van der Waals surface area contributed by atoms with Crippen molar-refractivity contribution >= 4 is 11.6 Å². The smallest absolute Gasteiger partial charge is 0.0615 e. The zero-order valence-corrected chi connectivity index (χ0v) is 8.23. The molecule has 1 aromatic rings. The molecule has 0 unspecified atom stereocenters. The third kappa shape index (κ3) is 3.45. The van der Waals surface area contributed by atoms with Crippen LogP contribution in [0.3, 0.4) is 0 Å². The van der Waals surface area contributed by atoms with E-state index >= 15 is 0 Å². The van der Waals surface area contributed by atoms with Gasteiger partial charge in [-0.25, -0.2) is 0 Å². The maximum Gasteiger partial charge on any atom is 0.0615 e. The molecule has 1 heterocycles. The average Bonchev–Trinajstić information content (AvgIpc) is 2.15. The summed E-state index contributed by atoms with van der Waals surface area (Å²) in [5.41, 5.74) is 0.792. The van der Waals surface area contributed by atoms with E-state index in [0.717, 1.165) is 18.5 Å². The van der Waals surface area contributed by atoms with Gasteiger partial charge in [-0.2, -0.15) is 0 Å². The lowest BCUT2D eigenvalue weighted by Crippen LogP contribution is -2.05. The van der Waals surface area contributed by atoms with Crippen LogP contribution in [0.2, 0.25) is 5.02 Å². The molecule has 1 N–H and O–H groups in total. The molecule has 0 aliphatic heterocycles. The van der Waals surface area contributed by atoms with Gasteiger partial charge in [0.2, 0.25) is 0 Å². The van der Waals surface area contributed by atoms with Gasteiger partial charge in [-0.3, -0.25) is 4.98 Å². The van der Waals surface area contributed by atoms with Crippen molar-refractivity contribution in [2.75, 3.05) is 13.6 Å². The van der Waals surface area contributed by atoms with E-state index in [1.807, 2.05) is 7.05 Å². The normalized spacial score (nSPS) is 9.08. The number of hydrogen-bond acceptors (Lipinski definition) is 2. The Hall–Kier alpha value is -1.04. The molecule has 0 aromatic carbocycles. The van der Waals surface area contributed by atoms with Crippen molar-refractivity contribution in [2.45, 2.75) is 6.42 Å². The Bertz CT molecular complexity index is 325. The Labute approximate surface area is 83.3 Å². The fourth-order valence-corrected chi connectivity index (χ4v) is 0.967. The van der Waals surface area contributed by atoms with Crippen molar-refractivity contribution in [3.63, 3.8) is 0 Å². The van der Waals surface area contributed by atoms with Gasteiger partial charge < -0.3 is 5.32 Å². The largest absolute Gasteiger partial charge is 0.319 e. The van der Waals surface area contributed by atoms with Crippen LogP contribution < -0.4 is 5.32 Å². The Balaban J connectivity index is 2.61. The first-order valence-corrected chi connectivity index (χ1v) is 4.45. The fourth-order valence-electron chi connectivity index (χ4n) is 0.815. The average molecular weight is 195 g/mol. The van der Waals surface area contributed by atoms with Gasteiger partial charge in [0.25, 0.3) is 0 Å². The number of halogens is 1. The van der Waals surface area contributed by atoms with Gasteiger partial charge in [0.05, 0.1) is 10.6 Å². The summed E-state index contributed by atoms with van der Waals surface area (Å²) in [5, 5.41) is 3.68. The minimum absolute atomic E-state index is 0.659. The molecule has 0 radical (unpaired) electrons. The number of nitrogens with zero attached hydrogens (tertiary/aromatic N) is 1. The van der Waals surface area contributed by atoms with Crippen LogP contribution in [0, 0.1) is 11.8 Å². The zero-order valence-electron chi connectivity index (χ0n) is 7.47. The number of pyridine rings is 1. The molecule has 0 fully saturated rings. The summed E-state index contributed by atoms with van der Waals surface area (Å²) in [6.45, 7) is 0.894. The number of aromatic nitrogens is 1. The summed E-state index contributed by atoms with van der Waals surface area (Å²) in [4.78, 5) is 3.94. The first-order valence-electron chi connectivity index (χ1n) is 4.07. The van der Waals surface area contributed by atoms with Crippen LogP contribution in [0.5, 0.6) is 0 Å². The van der Waals surface area contributed by atoms with E-state index in [-0.39, 0.29) is 0 Å². The molecule has 2 nitrogen and oxygen atoms in total. The van der Waals surface area contributed by atoms with Crippen LogP contribution in [0.15, 0.2) is 18.5 Å². The maximum atomic E-state index is 5.88. The second-order valence-electron chi connectivity index (χ2n) is 2.51. The highest BCUT2D eigenvalue weighted by Crippen LogP contribution is 2.11. The summed E-state index contributed by atoms with van der Waals surface area (Å²) >= 11 is 5.88. The van der Waals surface area contributed by atoms with Gasteiger partial charge in [-0.05, 0) is 13.1 Å². The molecular weight excluding hydrogens is 184 g/mol. The van der Waals surface area contributed by atoms with Crippen LogP contribution in [0.1, 0.15) is 12.0 Å². The Morgan fingerprint density at radius 3 is 3.15 bits per heavy atom. The van der Waals surface area contributed by atoms with E-state index in [0.29, 0.717) is 5.02 Å². The summed E-state index contributed by atoms with van der Waals surface area (Å²) in [5.74, 6) is 5.97. The quantitative estimate of drug-likeness (QED) is 0.573. The van der Waals surface area contributed by atoms with Crippen molar-refractivity contribution in [3.05, 3.63) is 29.0 Å². The topological polar surface area (TPSA) is 24.9 Å². The standard InChI is InChI=1S/C10H11ClN2/c1-12-6-3-2-4-9-8-13-7-5-10(9)11/h5,7-8,12H,3,6H2,1H3. The highest BCUT2D eigenvalue weighted by molar-refractivity contribution is 6.31. The molecule has 0 atom stereocenters. The van der Waals surface area contributed by atoms with Gasteiger partial charge in [-0.1, -0.05) is 23.4 Å². The molecule has 0 saturated carbocycles. The molecule has 0 bridgehead atoms. The van der Waals surface area contributed by atoms with Crippen LogP contribution >= 0.6 is 11.6 Å². The van der Waals surface area contributed by atoms with Crippen molar-refractivity contribution in [1.29, 1.82) is 0 Å². The molecule has 1 rings (SSSR count). The third-order valence-corrected chi connectivity index (χ3v) is 1.82. The molecule has 0 aliphatic carbocycles. The lowest BCUT2D eigenvalue weighted by Gasteiger charge is -1.92. The van der Waals surface area contributed by atoms with Gasteiger partial charge in [0, 0.05) is 25.4 Å². The lowest BCUT2D eigenvalue weighted by atomic mass is 10.3. The predicted octanol–water partition coefficient (Wildman–Crippen LogP) is 1.70. The van der Waals surface area contributed by atoms with Crippen molar-refractivity contribution in [2.24, 2.45) is 0 Å². The van der Waals surface area contributed by atoms with Crippen LogP contribution in [0.4, 0.5) is 0 Å². The molecule has 1 aromatic heterocycles. The molecule has 13 heavy (non-hydrogen) atoms. The van der Waals surface area contributed by atoms with E-state index < -0.39 is 0 Å². The maximum absolute atomic E-state index is 5.88. The molecule has 0 saturated heterocycles. The first kappa shape index (κ1) is 10.0. The Morgan fingerprint density at radius 1 is 1.62 bits per heavy atom. The molecule has 0 spiro atoms. The molecule has 0 amide bonds. The third-order valence-electron chi connectivity index (χ3n) is 1.49. The second kappa shape index (κ2) is 5.58. The number of nitrogens with one attached hydrogen (secondary N) is 1. The summed E-state index contributed by atoms with van der Waals surface area (Å²) in [7, 11) is 1.90. The van der Waals surface area contributed by atoms with Crippen LogP contribution in [0.25, 0.3) is 0 Å². The van der Waals surface area contributed by atoms with E-state index in [2.05, 4.69) is 22.1 Å². The van der Waals surface area contributed by atoms with Crippen molar-refractivity contribution in [1.82, 2.24) is 10.3 Å². The summed E-state index contributed by atoms with van der Waals surface area (Å²) in [6, 6.07) is 1.74. The summed E-state index contributed by atoms with van der Waals surface area (Å²) < 4.78 is 0. The van der Waals surface area contributed by atoms with E-state index in [1.54, 1.807) is 18.5 Å². The fraction of sp³-hybridized carbons (Fsp3) is 0.300. The second-order valence-corrected chi connectivity index (χ2v) is 2.92. The number of rotatable bonds is 2. The van der Waals surface area contributed by atoms with E-state index in [9.17, 15) is 0 Å². The lowest BCUT2D eigenvalue weighted by molar-refractivity contribution is 0.818. The Morgan fingerprint density at radius 2 is 2.46 bits per heavy atom. The summed E-state index contributed by atoms with van der Waals surface area (Å²) in [6.07, 6.45) is 4.15. The van der Waals surface area contributed by atoms with Gasteiger partial charge >= 0.3 is 0 Å². The van der Waals surface area contributed by atoms with E-state index in [1.165, 1.54) is 0 Å². The first-order chi connectivity index (χ1) is 6.34. The number of hydrogen-bond donors (Lipinski definition) is 1. The highest BCUT2D eigenvalue weighted by atomic mass is 35.5. The van der Waals surface area contributed by atoms with Crippen LogP contribution in [-0.2, 0) is 0 Å². The molecule has 68 valence electrons. The minimum atomic E-state index is 0.659. The van der Waals surface area contributed by atoms with Crippen LogP contribution in [-0.4, -0.2) is 18.6 Å². The Kier molecular flexibility index (Phi) is 4.31. The zero-order chi connectivity index (χ0) is 9.52. The molecule has 3 heteroatoms. The predicted molar refractivity (Wildman–Crippen MR) is 54.7 cm³/mol. The van der Waals surface area contributed by atoms with E-state index in [4.69, 9.17) is 11.6 Å². The molecule has 0 aliphatic rings. The highest BCUT2D eigenvalue weighted by Gasteiger charge is 1.92. The van der Waals surface area contributed by atoms with Gasteiger partial charge in [0.15, 0.2) is 0 Å². The van der Waals surface area contributed by atoms with Crippen molar-refractivity contribution < 1.29 is 0 Å². The minimum Gasteiger partial charge on any atom is -0.319 e. The van der Waals surface area contributed by atoms with Gasteiger partial charge in [-0.15, -0.1) is 0 Å². The van der Waals surface area contributed by atoms with Crippen molar-refractivity contribution in [3.8, 4) is 11.8 Å². The monoisotopic (exact) mass is 194 g/mol. The SMILES string of the molecule is CNCCC#Cc1cnccc1Cl. The van der Waals surface area contributed by atoms with Gasteiger partial charge in [0.1, 0.15) is 0 Å².